The zero-order chi connectivity index (χ0) is 13.4. The van der Waals surface area contributed by atoms with Crippen molar-refractivity contribution in [2.75, 3.05) is 13.1 Å². The number of Topliss-reactive ketones (excluding diaryl/α,β-unsaturated/α-hetero) is 1. The third-order valence-electron chi connectivity index (χ3n) is 4.76. The van der Waals surface area contributed by atoms with Crippen LogP contribution < -0.4 is 5.32 Å². The highest BCUT2D eigenvalue weighted by Gasteiger charge is 2.37. The van der Waals surface area contributed by atoms with E-state index in [1.165, 1.54) is 19.3 Å². The average molecular weight is 253 g/mol. The van der Waals surface area contributed by atoms with Gasteiger partial charge in [-0.1, -0.05) is 46.5 Å². The fraction of sp³-hybridized carbons (Fsp3) is 0.938. The minimum atomic E-state index is -0.0438. The number of carbonyl (C=O) groups excluding carboxylic acids is 1. The molecule has 0 spiro atoms. The van der Waals surface area contributed by atoms with Gasteiger partial charge >= 0.3 is 0 Å². The summed E-state index contributed by atoms with van der Waals surface area (Å²) in [5, 5.41) is 3.42. The van der Waals surface area contributed by atoms with Gasteiger partial charge in [-0.05, 0) is 31.7 Å². The number of rotatable bonds is 8. The highest BCUT2D eigenvalue weighted by atomic mass is 16.1. The summed E-state index contributed by atoms with van der Waals surface area (Å²) in [7, 11) is 0. The largest absolute Gasteiger partial charge is 0.316 e. The maximum atomic E-state index is 12.6. The summed E-state index contributed by atoms with van der Waals surface area (Å²) in [6.45, 7) is 8.63. The Labute approximate surface area is 113 Å². The fourth-order valence-corrected chi connectivity index (χ4v) is 3.13. The molecule has 18 heavy (non-hydrogen) atoms. The molecule has 2 nitrogen and oxygen atoms in total. The molecule has 0 aromatic carbocycles. The molecule has 1 aliphatic rings. The second-order valence-corrected chi connectivity index (χ2v) is 5.96. The van der Waals surface area contributed by atoms with Gasteiger partial charge < -0.3 is 5.32 Å². The Kier molecular flexibility index (Phi) is 6.91. The van der Waals surface area contributed by atoms with Gasteiger partial charge in [0.25, 0.3) is 0 Å². The molecule has 106 valence electrons. The summed E-state index contributed by atoms with van der Waals surface area (Å²) in [4.78, 5) is 12.6. The number of ketones is 1. The van der Waals surface area contributed by atoms with Crippen molar-refractivity contribution < 1.29 is 4.79 Å². The number of hydrogen-bond donors (Lipinski definition) is 1. The van der Waals surface area contributed by atoms with Gasteiger partial charge in [0.15, 0.2) is 0 Å². The number of hydrogen-bond acceptors (Lipinski definition) is 2. The van der Waals surface area contributed by atoms with Crippen molar-refractivity contribution in [1.82, 2.24) is 5.32 Å². The quantitative estimate of drug-likeness (QED) is 0.710. The summed E-state index contributed by atoms with van der Waals surface area (Å²) in [5.74, 6) is 1.14. The summed E-state index contributed by atoms with van der Waals surface area (Å²) in [6, 6.07) is 0. The Morgan fingerprint density at radius 2 is 2.11 bits per heavy atom. The lowest BCUT2D eigenvalue weighted by Crippen LogP contribution is -2.45. The van der Waals surface area contributed by atoms with Gasteiger partial charge in [0.2, 0.25) is 0 Å². The molecule has 0 radical (unpaired) electrons. The molecule has 0 aromatic rings. The van der Waals surface area contributed by atoms with Crippen molar-refractivity contribution in [2.45, 2.75) is 72.1 Å². The van der Waals surface area contributed by atoms with Crippen LogP contribution in [0.3, 0.4) is 0 Å². The van der Waals surface area contributed by atoms with Crippen molar-refractivity contribution in [2.24, 2.45) is 11.3 Å². The Morgan fingerprint density at radius 1 is 1.33 bits per heavy atom. The average Bonchev–Trinajstić information content (AvgIpc) is 2.43. The van der Waals surface area contributed by atoms with Gasteiger partial charge in [0, 0.05) is 18.4 Å². The summed E-state index contributed by atoms with van der Waals surface area (Å²) >= 11 is 0. The lowest BCUT2D eigenvalue weighted by molar-refractivity contribution is -0.131. The van der Waals surface area contributed by atoms with Crippen molar-refractivity contribution >= 4 is 5.78 Å². The lowest BCUT2D eigenvalue weighted by atomic mass is 9.72. The van der Waals surface area contributed by atoms with E-state index >= 15 is 0 Å². The van der Waals surface area contributed by atoms with Crippen LogP contribution in [0.25, 0.3) is 0 Å². The summed E-state index contributed by atoms with van der Waals surface area (Å²) in [5.41, 5.74) is -0.0438. The molecule has 2 atom stereocenters. The molecule has 1 N–H and O–H groups in total. The zero-order valence-electron chi connectivity index (χ0n) is 12.6. The monoisotopic (exact) mass is 253 g/mol. The van der Waals surface area contributed by atoms with Crippen molar-refractivity contribution in [1.29, 1.82) is 0 Å². The highest BCUT2D eigenvalue weighted by molar-refractivity contribution is 5.85. The predicted octanol–water partition coefficient (Wildman–Crippen LogP) is 3.94. The first-order chi connectivity index (χ1) is 8.68. The van der Waals surface area contributed by atoms with Crippen LogP contribution in [0.2, 0.25) is 0 Å². The van der Waals surface area contributed by atoms with Crippen molar-refractivity contribution in [3.05, 3.63) is 0 Å². The van der Waals surface area contributed by atoms with Gasteiger partial charge in [0.1, 0.15) is 5.78 Å². The molecule has 1 heterocycles. The summed E-state index contributed by atoms with van der Waals surface area (Å²) < 4.78 is 0. The van der Waals surface area contributed by atoms with Gasteiger partial charge in [-0.25, -0.2) is 0 Å². The maximum absolute atomic E-state index is 12.6. The first-order valence-electron chi connectivity index (χ1n) is 7.92. The minimum absolute atomic E-state index is 0.0438. The van der Waals surface area contributed by atoms with E-state index in [1.807, 2.05) is 0 Å². The smallest absolute Gasteiger partial charge is 0.140 e. The molecule has 0 amide bonds. The number of nitrogens with one attached hydrogen (secondary N) is 1. The third-order valence-corrected chi connectivity index (χ3v) is 4.76. The predicted molar refractivity (Wildman–Crippen MR) is 77.8 cm³/mol. The number of piperidine rings is 1. The minimum Gasteiger partial charge on any atom is -0.316 e. The standard InChI is InChI=1S/C16H31NO/c1-4-7-9-14(5-2)12-15(18)16(6-3)10-8-11-17-13-16/h14,17H,4-13H2,1-3H3. The second kappa shape index (κ2) is 7.93. The van der Waals surface area contributed by atoms with E-state index in [0.717, 1.165) is 45.2 Å². The zero-order valence-corrected chi connectivity index (χ0v) is 12.6. The molecule has 0 aromatic heterocycles. The summed E-state index contributed by atoms with van der Waals surface area (Å²) in [6.07, 6.45) is 8.96. The fourth-order valence-electron chi connectivity index (χ4n) is 3.13. The molecule has 1 rings (SSSR count). The molecule has 0 bridgehead atoms. The number of unbranched alkanes of at least 4 members (excludes halogenated alkanes) is 1. The van der Waals surface area contributed by atoms with Crippen LogP contribution in [0, 0.1) is 11.3 Å². The molecule has 1 saturated heterocycles. The van der Waals surface area contributed by atoms with E-state index in [4.69, 9.17) is 0 Å². The van der Waals surface area contributed by atoms with Gasteiger partial charge in [-0.15, -0.1) is 0 Å². The van der Waals surface area contributed by atoms with E-state index in [0.29, 0.717) is 11.7 Å². The van der Waals surface area contributed by atoms with Crippen LogP contribution in [0.4, 0.5) is 0 Å². The normalized spacial score (nSPS) is 25.9. The highest BCUT2D eigenvalue weighted by Crippen LogP contribution is 2.34. The van der Waals surface area contributed by atoms with Gasteiger partial charge in [-0.2, -0.15) is 0 Å². The second-order valence-electron chi connectivity index (χ2n) is 5.96. The van der Waals surface area contributed by atoms with Crippen LogP contribution in [0.15, 0.2) is 0 Å². The molecular weight excluding hydrogens is 222 g/mol. The first-order valence-corrected chi connectivity index (χ1v) is 7.92. The van der Waals surface area contributed by atoms with Gasteiger partial charge in [0.05, 0.1) is 0 Å². The molecule has 2 unspecified atom stereocenters. The van der Waals surface area contributed by atoms with Gasteiger partial charge in [-0.3, -0.25) is 4.79 Å². The van der Waals surface area contributed by atoms with Crippen LogP contribution in [-0.2, 0) is 4.79 Å². The van der Waals surface area contributed by atoms with Crippen molar-refractivity contribution in [3.8, 4) is 0 Å². The van der Waals surface area contributed by atoms with E-state index in [1.54, 1.807) is 0 Å². The molecule has 1 fully saturated rings. The maximum Gasteiger partial charge on any atom is 0.140 e. The van der Waals surface area contributed by atoms with E-state index in [9.17, 15) is 4.79 Å². The third kappa shape index (κ3) is 4.08. The van der Waals surface area contributed by atoms with E-state index < -0.39 is 0 Å². The van der Waals surface area contributed by atoms with Crippen LogP contribution in [0.1, 0.15) is 72.1 Å². The first kappa shape index (κ1) is 15.7. The topological polar surface area (TPSA) is 29.1 Å². The molecule has 0 aliphatic carbocycles. The SMILES string of the molecule is CCCCC(CC)CC(=O)C1(CC)CCCNC1. The van der Waals surface area contributed by atoms with Crippen molar-refractivity contribution in [3.63, 3.8) is 0 Å². The molecular formula is C16H31NO. The molecule has 1 aliphatic heterocycles. The Hall–Kier alpha value is -0.370. The van der Waals surface area contributed by atoms with Crippen LogP contribution >= 0.6 is 0 Å². The molecule has 2 heteroatoms. The van der Waals surface area contributed by atoms with Crippen LogP contribution in [0.5, 0.6) is 0 Å². The lowest BCUT2D eigenvalue weighted by Gasteiger charge is -2.36. The van der Waals surface area contributed by atoms with E-state index in [2.05, 4.69) is 26.1 Å². The number of carbonyl (C=O) groups is 1. The Balaban J connectivity index is 2.54. The van der Waals surface area contributed by atoms with E-state index in [-0.39, 0.29) is 5.41 Å². The van der Waals surface area contributed by atoms with Crippen LogP contribution in [-0.4, -0.2) is 18.9 Å². The Bertz CT molecular complexity index is 243. The Morgan fingerprint density at radius 3 is 2.61 bits per heavy atom. The molecule has 0 saturated carbocycles.